The van der Waals surface area contributed by atoms with Crippen molar-refractivity contribution in [2.24, 2.45) is 19.1 Å². The molecule has 0 spiro atoms. The SMILES string of the molecule is CN(C)C(=O)COc1nn(C2CC2)cc1N=Cc1c(N)cccc1-c1nc(-c2cc3cn(C)nc3nc2C2CC2)n(C)c1C1CC1. The number of carbonyl (C=O) groups is 1. The Labute approximate surface area is 266 Å². The molecule has 0 atom stereocenters. The number of rotatable bonds is 10. The zero-order chi connectivity index (χ0) is 31.7. The normalized spacial score (nSPS) is 16.5. The Hall–Kier alpha value is -5.00. The van der Waals surface area contributed by atoms with E-state index in [1.54, 1.807) is 20.3 Å². The van der Waals surface area contributed by atoms with Crippen LogP contribution in [0.1, 0.15) is 73.4 Å². The number of aliphatic imine (C=N–C) groups is 1. The van der Waals surface area contributed by atoms with Crippen LogP contribution in [0, 0.1) is 0 Å². The van der Waals surface area contributed by atoms with Gasteiger partial charge in [0.2, 0.25) is 0 Å². The summed E-state index contributed by atoms with van der Waals surface area (Å²) in [5, 5.41) is 10.2. The Balaban J connectivity index is 1.21. The highest BCUT2D eigenvalue weighted by Gasteiger charge is 2.35. The first-order chi connectivity index (χ1) is 22.2. The van der Waals surface area contributed by atoms with E-state index in [0.717, 1.165) is 83.5 Å². The maximum Gasteiger partial charge on any atom is 0.260 e. The van der Waals surface area contributed by atoms with E-state index in [-0.39, 0.29) is 12.5 Å². The number of aromatic nitrogens is 7. The summed E-state index contributed by atoms with van der Waals surface area (Å²) in [5.74, 6) is 1.96. The molecule has 12 heteroatoms. The number of anilines is 1. The monoisotopic (exact) mass is 618 g/mol. The van der Waals surface area contributed by atoms with Crippen molar-refractivity contribution >= 4 is 34.5 Å². The Morgan fingerprint density at radius 1 is 1.04 bits per heavy atom. The summed E-state index contributed by atoms with van der Waals surface area (Å²) >= 11 is 0. The van der Waals surface area contributed by atoms with Gasteiger partial charge in [0, 0.05) is 85.9 Å². The smallest absolute Gasteiger partial charge is 0.260 e. The molecule has 0 radical (unpaired) electrons. The van der Waals surface area contributed by atoms with Crippen molar-refractivity contribution in [3.63, 3.8) is 0 Å². The Kier molecular flexibility index (Phi) is 6.69. The number of aryl methyl sites for hydroxylation is 1. The van der Waals surface area contributed by atoms with Crippen LogP contribution in [0.3, 0.4) is 0 Å². The highest BCUT2D eigenvalue weighted by Crippen LogP contribution is 2.49. The van der Waals surface area contributed by atoms with Gasteiger partial charge in [-0.05, 0) is 50.7 Å². The van der Waals surface area contributed by atoms with Crippen LogP contribution in [0.15, 0.2) is 41.7 Å². The van der Waals surface area contributed by atoms with Gasteiger partial charge in [0.05, 0.1) is 23.6 Å². The molecule has 1 amide bonds. The van der Waals surface area contributed by atoms with E-state index < -0.39 is 0 Å². The van der Waals surface area contributed by atoms with E-state index >= 15 is 0 Å². The van der Waals surface area contributed by atoms with Gasteiger partial charge in [0.25, 0.3) is 11.8 Å². The summed E-state index contributed by atoms with van der Waals surface area (Å²) in [4.78, 5) is 29.0. The van der Waals surface area contributed by atoms with Crippen molar-refractivity contribution in [1.29, 1.82) is 0 Å². The van der Waals surface area contributed by atoms with E-state index in [2.05, 4.69) is 33.9 Å². The summed E-state index contributed by atoms with van der Waals surface area (Å²) in [6.07, 6.45) is 12.3. The highest BCUT2D eigenvalue weighted by molar-refractivity contribution is 5.97. The fourth-order valence-corrected chi connectivity index (χ4v) is 6.12. The number of nitrogen functional groups attached to an aromatic ring is 1. The first-order valence-electron chi connectivity index (χ1n) is 16.0. The van der Waals surface area contributed by atoms with Crippen LogP contribution in [-0.2, 0) is 18.9 Å². The van der Waals surface area contributed by atoms with Crippen molar-refractivity contribution < 1.29 is 9.53 Å². The number of pyridine rings is 1. The van der Waals surface area contributed by atoms with Gasteiger partial charge < -0.3 is 19.9 Å². The predicted octanol–water partition coefficient (Wildman–Crippen LogP) is 5.12. The van der Waals surface area contributed by atoms with E-state index in [1.165, 1.54) is 10.6 Å². The van der Waals surface area contributed by atoms with Crippen LogP contribution in [-0.4, -0.2) is 71.8 Å². The fourth-order valence-electron chi connectivity index (χ4n) is 6.12. The van der Waals surface area contributed by atoms with E-state index in [4.69, 9.17) is 25.4 Å². The lowest BCUT2D eigenvalue weighted by molar-refractivity contribution is -0.130. The van der Waals surface area contributed by atoms with Crippen molar-refractivity contribution in [1.82, 2.24) is 39.0 Å². The molecule has 3 saturated carbocycles. The maximum absolute atomic E-state index is 12.3. The van der Waals surface area contributed by atoms with Crippen LogP contribution in [0.25, 0.3) is 33.7 Å². The van der Waals surface area contributed by atoms with Gasteiger partial charge in [0.15, 0.2) is 12.3 Å². The molecule has 0 unspecified atom stereocenters. The van der Waals surface area contributed by atoms with Crippen molar-refractivity contribution in [3.8, 4) is 28.5 Å². The standard InChI is InChI=1S/C34H38N10O2/c1-41(2)28(45)18-46-34-27(17-44(40-34)22-12-13-22)36-15-25-23(6-5-7-26(25)35)30-31(20-10-11-20)43(4)33(38-30)24-14-21-16-42(3)39-32(21)37-29(24)19-8-9-19/h5-7,14-17,19-20,22H,8-13,18,35H2,1-4H3. The van der Waals surface area contributed by atoms with Crippen LogP contribution in [0.5, 0.6) is 5.88 Å². The molecule has 1 aromatic carbocycles. The number of amides is 1. The largest absolute Gasteiger partial charge is 0.465 e. The number of ether oxygens (including phenoxy) is 1. The van der Waals surface area contributed by atoms with Crippen molar-refractivity contribution in [3.05, 3.63) is 53.6 Å². The minimum Gasteiger partial charge on any atom is -0.465 e. The van der Waals surface area contributed by atoms with Gasteiger partial charge in [-0.25, -0.2) is 15.0 Å². The highest BCUT2D eigenvalue weighted by atomic mass is 16.5. The third-order valence-electron chi connectivity index (χ3n) is 9.11. The summed E-state index contributed by atoms with van der Waals surface area (Å²) in [7, 11) is 7.45. The molecule has 0 saturated heterocycles. The van der Waals surface area contributed by atoms with Gasteiger partial charge >= 0.3 is 0 Å². The average Bonchev–Trinajstić information content (AvgIpc) is 3.94. The number of hydrogen-bond donors (Lipinski definition) is 1. The minimum absolute atomic E-state index is 0.111. The molecule has 5 aromatic rings. The van der Waals surface area contributed by atoms with Crippen LogP contribution >= 0.6 is 0 Å². The van der Waals surface area contributed by atoms with E-state index in [9.17, 15) is 4.79 Å². The molecule has 8 rings (SSSR count). The predicted molar refractivity (Wildman–Crippen MR) is 176 cm³/mol. The number of fused-ring (bicyclic) bond motifs is 1. The number of nitrogens with zero attached hydrogens (tertiary/aromatic N) is 9. The molecule has 46 heavy (non-hydrogen) atoms. The lowest BCUT2D eigenvalue weighted by atomic mass is 10.0. The zero-order valence-electron chi connectivity index (χ0n) is 26.6. The minimum atomic E-state index is -0.147. The topological polar surface area (TPSA) is 134 Å². The first kappa shape index (κ1) is 28.5. The lowest BCUT2D eigenvalue weighted by Crippen LogP contribution is -2.27. The molecule has 236 valence electrons. The average molecular weight is 619 g/mol. The van der Waals surface area contributed by atoms with Crippen LogP contribution < -0.4 is 10.5 Å². The summed E-state index contributed by atoms with van der Waals surface area (Å²) in [6, 6.07) is 8.46. The second-order valence-corrected chi connectivity index (χ2v) is 13.1. The fraction of sp³-hybridized carbons (Fsp3) is 0.412. The van der Waals surface area contributed by atoms with Gasteiger partial charge in [-0.1, -0.05) is 12.1 Å². The number of nitrogens with two attached hydrogens (primary N) is 1. The quantitative estimate of drug-likeness (QED) is 0.170. The molecule has 0 bridgehead atoms. The summed E-state index contributed by atoms with van der Waals surface area (Å²) in [5.41, 5.74) is 14.6. The van der Waals surface area contributed by atoms with Gasteiger partial charge in [-0.2, -0.15) is 5.10 Å². The Morgan fingerprint density at radius 3 is 2.54 bits per heavy atom. The molecule has 4 aromatic heterocycles. The molecule has 3 fully saturated rings. The first-order valence-corrected chi connectivity index (χ1v) is 16.0. The number of carbonyl (C=O) groups excluding carboxylic acids is 1. The molecule has 0 aliphatic heterocycles. The summed E-state index contributed by atoms with van der Waals surface area (Å²) in [6.45, 7) is -0.111. The zero-order valence-corrected chi connectivity index (χ0v) is 26.6. The molecule has 3 aliphatic carbocycles. The summed E-state index contributed by atoms with van der Waals surface area (Å²) < 4.78 is 11.8. The second-order valence-electron chi connectivity index (χ2n) is 13.1. The van der Waals surface area contributed by atoms with Gasteiger partial charge in [-0.3, -0.25) is 14.2 Å². The number of hydrogen-bond acceptors (Lipinski definition) is 8. The molecule has 3 aliphatic rings. The Bertz CT molecular complexity index is 2020. The van der Waals surface area contributed by atoms with Gasteiger partial charge in [-0.15, -0.1) is 5.10 Å². The molecule has 12 nitrogen and oxygen atoms in total. The third kappa shape index (κ3) is 5.21. The van der Waals surface area contributed by atoms with Gasteiger partial charge in [0.1, 0.15) is 11.5 Å². The maximum atomic E-state index is 12.3. The number of likely N-dealkylation sites (N-methyl/N-ethyl adjacent to an activating group) is 1. The van der Waals surface area contributed by atoms with E-state index in [1.807, 2.05) is 40.9 Å². The van der Waals surface area contributed by atoms with Crippen LogP contribution in [0.2, 0.25) is 0 Å². The lowest BCUT2D eigenvalue weighted by Gasteiger charge is -2.11. The molecular weight excluding hydrogens is 580 g/mol. The molecule has 4 heterocycles. The number of imidazole rings is 1. The van der Waals surface area contributed by atoms with Crippen molar-refractivity contribution in [2.75, 3.05) is 26.4 Å². The van der Waals surface area contributed by atoms with E-state index in [0.29, 0.717) is 35.1 Å². The Morgan fingerprint density at radius 2 is 1.83 bits per heavy atom. The van der Waals surface area contributed by atoms with Crippen LogP contribution in [0.4, 0.5) is 11.4 Å². The van der Waals surface area contributed by atoms with Crippen molar-refractivity contribution in [2.45, 2.75) is 56.4 Å². The number of benzene rings is 1. The third-order valence-corrected chi connectivity index (χ3v) is 9.11. The second kappa shape index (κ2) is 10.8. The molecular formula is C34H38N10O2. The molecule has 2 N–H and O–H groups in total.